The van der Waals surface area contributed by atoms with Crippen LogP contribution in [0.5, 0.6) is 5.75 Å². The Morgan fingerprint density at radius 1 is 1.13 bits per heavy atom. The van der Waals surface area contributed by atoms with Crippen LogP contribution in [0.3, 0.4) is 0 Å². The van der Waals surface area contributed by atoms with E-state index in [1.54, 1.807) is 11.0 Å². The molecular formula is C22H19FN4O2S. The fourth-order valence-corrected chi connectivity index (χ4v) is 4.96. The quantitative estimate of drug-likeness (QED) is 0.495. The minimum absolute atomic E-state index is 0.120. The van der Waals surface area contributed by atoms with Gasteiger partial charge in [0.25, 0.3) is 5.91 Å². The molecule has 3 heterocycles. The maximum Gasteiger partial charge on any atom is 0.264 e. The number of aryl methyl sites for hydroxylation is 1. The number of rotatable bonds is 4. The third-order valence-electron chi connectivity index (χ3n) is 5.31. The molecule has 0 unspecified atom stereocenters. The van der Waals surface area contributed by atoms with Gasteiger partial charge in [-0.3, -0.25) is 4.79 Å². The Bertz CT molecular complexity index is 1230. The van der Waals surface area contributed by atoms with Crippen LogP contribution in [-0.2, 0) is 19.7 Å². The second-order valence-corrected chi connectivity index (χ2v) is 8.22. The van der Waals surface area contributed by atoms with E-state index < -0.39 is 0 Å². The van der Waals surface area contributed by atoms with Crippen LogP contribution in [0.15, 0.2) is 48.5 Å². The highest BCUT2D eigenvalue weighted by Gasteiger charge is 2.29. The zero-order valence-corrected chi connectivity index (χ0v) is 17.2. The van der Waals surface area contributed by atoms with Crippen LogP contribution < -0.4 is 4.74 Å². The topological polar surface area (TPSA) is 60.2 Å². The van der Waals surface area contributed by atoms with Crippen molar-refractivity contribution < 1.29 is 13.9 Å². The first kappa shape index (κ1) is 18.7. The number of para-hydroxylation sites is 1. The lowest BCUT2D eigenvalue weighted by molar-refractivity contribution is 0.0709. The number of amides is 1. The Labute approximate surface area is 176 Å². The number of ether oxygens (including phenoxy) is 1. The molecule has 0 N–H and O–H groups in total. The van der Waals surface area contributed by atoms with E-state index >= 15 is 0 Å². The summed E-state index contributed by atoms with van der Waals surface area (Å²) in [6, 6.07) is 14.2. The van der Waals surface area contributed by atoms with Crippen LogP contribution in [0.1, 0.15) is 26.9 Å². The first-order chi connectivity index (χ1) is 14.6. The molecule has 1 aliphatic heterocycles. The normalized spacial score (nSPS) is 13.5. The maximum absolute atomic E-state index is 14.7. The van der Waals surface area contributed by atoms with Crippen LogP contribution in [0, 0.1) is 12.7 Å². The lowest BCUT2D eigenvalue weighted by Crippen LogP contribution is -2.38. The number of halogens is 1. The molecule has 1 amide bonds. The number of carbonyl (C=O) groups is 1. The lowest BCUT2D eigenvalue weighted by Gasteiger charge is -2.27. The minimum atomic E-state index is -0.344. The minimum Gasteiger partial charge on any atom is -0.489 e. The summed E-state index contributed by atoms with van der Waals surface area (Å²) in [5.41, 5.74) is 0.588. The highest BCUT2D eigenvalue weighted by atomic mass is 32.1. The van der Waals surface area contributed by atoms with Crippen LogP contribution in [0.25, 0.3) is 10.1 Å². The first-order valence-corrected chi connectivity index (χ1v) is 10.5. The molecular weight excluding hydrogens is 403 g/mol. The van der Waals surface area contributed by atoms with E-state index in [1.807, 2.05) is 47.9 Å². The van der Waals surface area contributed by atoms with Gasteiger partial charge < -0.3 is 14.2 Å². The summed E-state index contributed by atoms with van der Waals surface area (Å²) in [5.74, 6) is 1.81. The fraction of sp³-hybridized carbons (Fsp3) is 0.227. The van der Waals surface area contributed by atoms with Gasteiger partial charge in [0.05, 0.1) is 11.4 Å². The molecule has 4 aromatic rings. The van der Waals surface area contributed by atoms with Gasteiger partial charge in [-0.1, -0.05) is 24.3 Å². The van der Waals surface area contributed by atoms with E-state index in [2.05, 4.69) is 10.2 Å². The second kappa shape index (κ2) is 7.53. The molecule has 0 radical (unpaired) electrons. The fourth-order valence-electron chi connectivity index (χ4n) is 3.77. The molecule has 6 nitrogen and oxygen atoms in total. The molecule has 1 aliphatic rings. The monoisotopic (exact) mass is 422 g/mol. The molecule has 152 valence electrons. The number of aromatic nitrogens is 3. The van der Waals surface area contributed by atoms with Crippen molar-refractivity contribution in [2.45, 2.75) is 26.6 Å². The van der Waals surface area contributed by atoms with Crippen molar-refractivity contribution in [3.8, 4) is 5.75 Å². The van der Waals surface area contributed by atoms with Crippen molar-refractivity contribution in [3.05, 3.63) is 76.4 Å². The van der Waals surface area contributed by atoms with E-state index in [-0.39, 0.29) is 18.3 Å². The van der Waals surface area contributed by atoms with E-state index in [9.17, 15) is 9.18 Å². The van der Waals surface area contributed by atoms with Gasteiger partial charge >= 0.3 is 0 Å². The van der Waals surface area contributed by atoms with E-state index in [4.69, 9.17) is 4.74 Å². The molecule has 0 fully saturated rings. The van der Waals surface area contributed by atoms with Gasteiger partial charge in [0.2, 0.25) is 0 Å². The van der Waals surface area contributed by atoms with Crippen molar-refractivity contribution in [3.63, 3.8) is 0 Å². The molecule has 0 saturated carbocycles. The van der Waals surface area contributed by atoms with Crippen molar-refractivity contribution >= 4 is 27.3 Å². The predicted molar refractivity (Wildman–Crippen MR) is 112 cm³/mol. The largest absolute Gasteiger partial charge is 0.489 e. The molecule has 0 bridgehead atoms. The zero-order valence-electron chi connectivity index (χ0n) is 16.3. The number of hydrogen-bond acceptors (Lipinski definition) is 5. The summed E-state index contributed by atoms with van der Waals surface area (Å²) in [4.78, 5) is 15.7. The highest BCUT2D eigenvalue weighted by Crippen LogP contribution is 2.35. The van der Waals surface area contributed by atoms with Crippen LogP contribution in [0.2, 0.25) is 0 Å². The van der Waals surface area contributed by atoms with E-state index in [0.29, 0.717) is 41.2 Å². The average molecular weight is 422 g/mol. The van der Waals surface area contributed by atoms with Gasteiger partial charge in [-0.05, 0) is 31.2 Å². The third kappa shape index (κ3) is 3.23. The Balaban J connectivity index is 1.50. The second-order valence-electron chi connectivity index (χ2n) is 7.17. The van der Waals surface area contributed by atoms with Crippen molar-refractivity contribution in [1.82, 2.24) is 19.7 Å². The van der Waals surface area contributed by atoms with E-state index in [0.717, 1.165) is 16.3 Å². The summed E-state index contributed by atoms with van der Waals surface area (Å²) in [5, 5.41) is 8.73. The highest BCUT2D eigenvalue weighted by molar-refractivity contribution is 7.21. The number of hydrogen-bond donors (Lipinski definition) is 0. The summed E-state index contributed by atoms with van der Waals surface area (Å²) < 4.78 is 23.3. The van der Waals surface area contributed by atoms with Crippen molar-refractivity contribution in [1.29, 1.82) is 0 Å². The Morgan fingerprint density at radius 2 is 1.97 bits per heavy atom. The van der Waals surface area contributed by atoms with Gasteiger partial charge in [-0.15, -0.1) is 21.5 Å². The van der Waals surface area contributed by atoms with Crippen LogP contribution in [-0.4, -0.2) is 32.1 Å². The Kier molecular flexibility index (Phi) is 4.71. The molecule has 2 aromatic heterocycles. The summed E-state index contributed by atoms with van der Waals surface area (Å²) in [7, 11) is 0. The van der Waals surface area contributed by atoms with Gasteiger partial charge in [0.1, 0.15) is 24.0 Å². The van der Waals surface area contributed by atoms with Gasteiger partial charge in [0, 0.05) is 28.7 Å². The van der Waals surface area contributed by atoms with E-state index in [1.165, 1.54) is 17.4 Å². The summed E-state index contributed by atoms with van der Waals surface area (Å²) in [6.07, 6.45) is 0. The number of benzene rings is 2. The Hall–Kier alpha value is -3.26. The number of fused-ring (bicyclic) bond motifs is 2. The number of nitrogens with zero attached hydrogens (tertiary/aromatic N) is 4. The van der Waals surface area contributed by atoms with Crippen molar-refractivity contribution in [2.24, 2.45) is 0 Å². The summed E-state index contributed by atoms with van der Waals surface area (Å²) >= 11 is 1.31. The zero-order chi connectivity index (χ0) is 20.7. The molecule has 0 saturated heterocycles. The summed E-state index contributed by atoms with van der Waals surface area (Å²) in [6.45, 7) is 3.61. The molecule has 8 heteroatoms. The van der Waals surface area contributed by atoms with Crippen LogP contribution >= 0.6 is 11.3 Å². The van der Waals surface area contributed by atoms with Gasteiger partial charge in [0.15, 0.2) is 5.82 Å². The third-order valence-corrected chi connectivity index (χ3v) is 6.49. The lowest BCUT2D eigenvalue weighted by atomic mass is 10.1. The predicted octanol–water partition coefficient (Wildman–Crippen LogP) is 4.18. The molecule has 2 aromatic carbocycles. The molecule has 0 spiro atoms. The SMILES string of the molecule is Cc1nnc2n1CCN(C(=O)c1sc3cccc(F)c3c1COc1ccccc1)C2. The standard InChI is InChI=1S/C22H19FN4O2S/c1-14-24-25-19-12-26(10-11-27(14)19)22(28)21-16(13-29-15-6-3-2-4-7-15)20-17(23)8-5-9-18(20)30-21/h2-9H,10-13H2,1H3. The molecule has 0 atom stereocenters. The van der Waals surface area contributed by atoms with Crippen molar-refractivity contribution in [2.75, 3.05) is 6.54 Å². The van der Waals surface area contributed by atoms with Crippen LogP contribution in [0.4, 0.5) is 4.39 Å². The maximum atomic E-state index is 14.7. The number of thiophene rings is 1. The van der Waals surface area contributed by atoms with Gasteiger partial charge in [-0.2, -0.15) is 0 Å². The smallest absolute Gasteiger partial charge is 0.264 e. The Morgan fingerprint density at radius 3 is 2.80 bits per heavy atom. The number of carbonyl (C=O) groups excluding carboxylic acids is 1. The molecule has 30 heavy (non-hydrogen) atoms. The van der Waals surface area contributed by atoms with Gasteiger partial charge in [-0.25, -0.2) is 4.39 Å². The average Bonchev–Trinajstić information content (AvgIpc) is 3.33. The first-order valence-electron chi connectivity index (χ1n) is 9.67. The molecule has 0 aliphatic carbocycles. The molecule has 5 rings (SSSR count).